The molecular weight excluding hydrogens is 228 g/mol. The van der Waals surface area contributed by atoms with Crippen molar-refractivity contribution in [2.45, 2.75) is 32.6 Å². The van der Waals surface area contributed by atoms with Crippen molar-refractivity contribution in [3.8, 4) is 0 Å². The second-order valence-electron chi connectivity index (χ2n) is 5.51. The number of rotatable bonds is 7. The first kappa shape index (κ1) is 13.8. The Bertz CT molecular complexity index is 271. The van der Waals surface area contributed by atoms with Gasteiger partial charge < -0.3 is 14.5 Å². The Kier molecular flexibility index (Phi) is 5.45. The molecule has 0 saturated carbocycles. The molecule has 4 nitrogen and oxygen atoms in total. The molecule has 4 heteroatoms. The Labute approximate surface area is 110 Å². The largest absolute Gasteiger partial charge is 0.381 e. The molecule has 0 spiro atoms. The minimum Gasteiger partial charge on any atom is -0.381 e. The lowest BCUT2D eigenvalue weighted by Gasteiger charge is -2.21. The number of carbonyl (C=O) groups is 1. The molecule has 0 unspecified atom stereocenters. The van der Waals surface area contributed by atoms with Crippen LogP contribution in [0.4, 0.5) is 0 Å². The predicted octanol–water partition coefficient (Wildman–Crippen LogP) is 1.36. The number of nitrogens with zero attached hydrogens (tertiary/aromatic N) is 2. The van der Waals surface area contributed by atoms with Crippen molar-refractivity contribution in [2.75, 3.05) is 45.9 Å². The van der Waals surface area contributed by atoms with E-state index in [1.54, 1.807) is 0 Å². The Balaban J connectivity index is 1.59. The smallest absolute Gasteiger partial charge is 0.222 e. The van der Waals surface area contributed by atoms with E-state index in [1.165, 1.54) is 13.0 Å². The monoisotopic (exact) mass is 254 g/mol. The maximum absolute atomic E-state index is 11.5. The molecular formula is C14H26N2O2. The van der Waals surface area contributed by atoms with Gasteiger partial charge in [0.15, 0.2) is 0 Å². The molecule has 2 heterocycles. The minimum absolute atomic E-state index is 0.344. The highest BCUT2D eigenvalue weighted by atomic mass is 16.5. The standard InChI is InChI=1S/C14H26N2O2/c1-2-10-18-12-13-5-7-15(11-13)8-9-16-6-3-4-14(16)17/h13H,2-12H2,1H3/t13-/m1/s1. The summed E-state index contributed by atoms with van der Waals surface area (Å²) in [7, 11) is 0. The quantitative estimate of drug-likeness (QED) is 0.643. The summed E-state index contributed by atoms with van der Waals surface area (Å²) in [5.41, 5.74) is 0. The first-order valence-electron chi connectivity index (χ1n) is 7.37. The Morgan fingerprint density at radius 2 is 2.22 bits per heavy atom. The van der Waals surface area contributed by atoms with Crippen LogP contribution >= 0.6 is 0 Å². The topological polar surface area (TPSA) is 32.8 Å². The summed E-state index contributed by atoms with van der Waals surface area (Å²) in [6.45, 7) is 9.18. The van der Waals surface area contributed by atoms with Crippen molar-refractivity contribution in [3.63, 3.8) is 0 Å². The van der Waals surface area contributed by atoms with Crippen LogP contribution in [0.5, 0.6) is 0 Å². The SMILES string of the molecule is CCCOC[C@@H]1CCN(CCN2CCCC2=O)C1. The van der Waals surface area contributed by atoms with Crippen molar-refractivity contribution in [1.29, 1.82) is 0 Å². The van der Waals surface area contributed by atoms with E-state index >= 15 is 0 Å². The third-order valence-corrected chi connectivity index (χ3v) is 3.93. The minimum atomic E-state index is 0.344. The van der Waals surface area contributed by atoms with E-state index in [4.69, 9.17) is 4.74 Å². The fourth-order valence-corrected chi connectivity index (χ4v) is 2.85. The molecule has 0 aromatic heterocycles. The molecule has 0 aromatic carbocycles. The number of amides is 1. The van der Waals surface area contributed by atoms with Crippen LogP contribution in [0, 0.1) is 5.92 Å². The van der Waals surface area contributed by atoms with Gasteiger partial charge in [-0.3, -0.25) is 4.79 Å². The third-order valence-electron chi connectivity index (χ3n) is 3.93. The van der Waals surface area contributed by atoms with Gasteiger partial charge in [-0.2, -0.15) is 0 Å². The van der Waals surface area contributed by atoms with Crippen molar-refractivity contribution in [3.05, 3.63) is 0 Å². The zero-order valence-corrected chi connectivity index (χ0v) is 11.6. The van der Waals surface area contributed by atoms with Gasteiger partial charge in [0.1, 0.15) is 0 Å². The van der Waals surface area contributed by atoms with Crippen LogP contribution in [-0.4, -0.2) is 61.6 Å². The van der Waals surface area contributed by atoms with E-state index in [-0.39, 0.29) is 0 Å². The molecule has 0 radical (unpaired) electrons. The van der Waals surface area contributed by atoms with Crippen LogP contribution in [0.3, 0.4) is 0 Å². The van der Waals surface area contributed by atoms with Crippen LogP contribution in [-0.2, 0) is 9.53 Å². The van der Waals surface area contributed by atoms with Crippen molar-refractivity contribution >= 4 is 5.91 Å². The maximum atomic E-state index is 11.5. The molecule has 2 saturated heterocycles. The van der Waals surface area contributed by atoms with E-state index in [9.17, 15) is 4.79 Å². The Hall–Kier alpha value is -0.610. The van der Waals surface area contributed by atoms with Gasteiger partial charge in [0, 0.05) is 39.2 Å². The summed E-state index contributed by atoms with van der Waals surface area (Å²) < 4.78 is 5.62. The highest BCUT2D eigenvalue weighted by Crippen LogP contribution is 2.17. The maximum Gasteiger partial charge on any atom is 0.222 e. The van der Waals surface area contributed by atoms with Crippen LogP contribution in [0.2, 0.25) is 0 Å². The van der Waals surface area contributed by atoms with Crippen molar-refractivity contribution in [2.24, 2.45) is 5.92 Å². The summed E-state index contributed by atoms with van der Waals surface area (Å²) >= 11 is 0. The van der Waals surface area contributed by atoms with E-state index < -0.39 is 0 Å². The first-order chi connectivity index (χ1) is 8.79. The summed E-state index contributed by atoms with van der Waals surface area (Å²) in [6.07, 6.45) is 4.16. The second-order valence-corrected chi connectivity index (χ2v) is 5.51. The van der Waals surface area contributed by atoms with Gasteiger partial charge in [-0.05, 0) is 31.7 Å². The average molecular weight is 254 g/mol. The fraction of sp³-hybridized carbons (Fsp3) is 0.929. The Morgan fingerprint density at radius 3 is 2.94 bits per heavy atom. The molecule has 1 atom stereocenters. The molecule has 0 aromatic rings. The number of hydrogen-bond acceptors (Lipinski definition) is 3. The molecule has 0 bridgehead atoms. The van der Waals surface area contributed by atoms with Gasteiger partial charge in [0.25, 0.3) is 0 Å². The number of likely N-dealkylation sites (tertiary alicyclic amines) is 2. The third kappa shape index (κ3) is 3.95. The zero-order chi connectivity index (χ0) is 12.8. The first-order valence-corrected chi connectivity index (χ1v) is 7.37. The van der Waals surface area contributed by atoms with Crippen LogP contribution < -0.4 is 0 Å². The van der Waals surface area contributed by atoms with E-state index in [0.717, 1.165) is 58.7 Å². The van der Waals surface area contributed by atoms with Crippen molar-refractivity contribution < 1.29 is 9.53 Å². The lowest BCUT2D eigenvalue weighted by atomic mass is 10.1. The van der Waals surface area contributed by atoms with E-state index in [2.05, 4.69) is 11.8 Å². The summed E-state index contributed by atoms with van der Waals surface area (Å²) in [6, 6.07) is 0. The summed E-state index contributed by atoms with van der Waals surface area (Å²) in [5, 5.41) is 0. The lowest BCUT2D eigenvalue weighted by Crippen LogP contribution is -2.35. The predicted molar refractivity (Wildman–Crippen MR) is 71.5 cm³/mol. The molecule has 1 amide bonds. The molecule has 2 rings (SSSR count). The Morgan fingerprint density at radius 1 is 1.33 bits per heavy atom. The zero-order valence-electron chi connectivity index (χ0n) is 11.6. The normalized spacial score (nSPS) is 25.3. The van der Waals surface area contributed by atoms with Crippen LogP contribution in [0.15, 0.2) is 0 Å². The van der Waals surface area contributed by atoms with Gasteiger partial charge >= 0.3 is 0 Å². The van der Waals surface area contributed by atoms with Gasteiger partial charge in [0.05, 0.1) is 6.61 Å². The molecule has 2 aliphatic rings. The number of hydrogen-bond donors (Lipinski definition) is 0. The highest BCUT2D eigenvalue weighted by Gasteiger charge is 2.25. The van der Waals surface area contributed by atoms with Crippen molar-refractivity contribution in [1.82, 2.24) is 9.80 Å². The number of ether oxygens (including phenoxy) is 1. The molecule has 104 valence electrons. The second kappa shape index (κ2) is 7.10. The molecule has 2 aliphatic heterocycles. The summed E-state index contributed by atoms with van der Waals surface area (Å²) in [4.78, 5) is 16.0. The summed E-state index contributed by atoms with van der Waals surface area (Å²) in [5.74, 6) is 1.04. The van der Waals surface area contributed by atoms with Crippen LogP contribution in [0.1, 0.15) is 32.6 Å². The molecule has 0 aliphatic carbocycles. The van der Waals surface area contributed by atoms with Gasteiger partial charge in [-0.15, -0.1) is 0 Å². The van der Waals surface area contributed by atoms with Gasteiger partial charge in [0.2, 0.25) is 5.91 Å². The molecule has 18 heavy (non-hydrogen) atoms. The molecule has 0 N–H and O–H groups in total. The van der Waals surface area contributed by atoms with E-state index in [1.807, 2.05) is 4.90 Å². The van der Waals surface area contributed by atoms with Crippen LogP contribution in [0.25, 0.3) is 0 Å². The number of carbonyl (C=O) groups excluding carboxylic acids is 1. The fourth-order valence-electron chi connectivity index (χ4n) is 2.85. The average Bonchev–Trinajstić information content (AvgIpc) is 2.96. The lowest BCUT2D eigenvalue weighted by molar-refractivity contribution is -0.127. The molecule has 2 fully saturated rings. The van der Waals surface area contributed by atoms with E-state index in [0.29, 0.717) is 11.8 Å². The highest BCUT2D eigenvalue weighted by molar-refractivity contribution is 5.78. The van der Waals surface area contributed by atoms with Gasteiger partial charge in [-0.25, -0.2) is 0 Å². The van der Waals surface area contributed by atoms with Gasteiger partial charge in [-0.1, -0.05) is 6.92 Å².